The van der Waals surface area contributed by atoms with Gasteiger partial charge >= 0.3 is 0 Å². The van der Waals surface area contributed by atoms with Crippen molar-refractivity contribution in [1.29, 1.82) is 0 Å². The first-order chi connectivity index (χ1) is 22.0. The molecule has 0 aliphatic heterocycles. The lowest BCUT2D eigenvalue weighted by Gasteiger charge is -2.24. The summed E-state index contributed by atoms with van der Waals surface area (Å²) in [5, 5.41) is 11.4. The predicted octanol–water partition coefficient (Wildman–Crippen LogP) is 9.65. The molecule has 3 N–H and O–H groups in total. The van der Waals surface area contributed by atoms with Crippen LogP contribution in [0.1, 0.15) is 47.8 Å². The van der Waals surface area contributed by atoms with Gasteiger partial charge in [0.05, 0.1) is 0 Å². The van der Waals surface area contributed by atoms with Gasteiger partial charge in [-0.05, 0) is 71.8 Å². The highest BCUT2D eigenvalue weighted by atomic mass is 15.1. The minimum absolute atomic E-state index is 0.105. The SMILES string of the molecule is CC1(C)c2ccccc2-c2c(C(N=C(N)c3ccccc3)NCc3c4ccccc4cc4ccc5ccccc5c34)cccc21. The molecule has 3 nitrogen and oxygen atoms in total. The van der Waals surface area contributed by atoms with Crippen LogP contribution in [0.4, 0.5) is 0 Å². The van der Waals surface area contributed by atoms with Gasteiger partial charge in [0.1, 0.15) is 12.0 Å². The quantitative estimate of drug-likeness (QED) is 0.0889. The van der Waals surface area contributed by atoms with Crippen molar-refractivity contribution in [2.24, 2.45) is 10.7 Å². The summed E-state index contributed by atoms with van der Waals surface area (Å²) in [6.07, 6.45) is -0.369. The van der Waals surface area contributed by atoms with E-state index in [2.05, 4.69) is 128 Å². The van der Waals surface area contributed by atoms with Crippen LogP contribution in [0.2, 0.25) is 0 Å². The van der Waals surface area contributed by atoms with Gasteiger partial charge in [-0.15, -0.1) is 0 Å². The molecule has 0 radical (unpaired) electrons. The molecule has 1 aliphatic carbocycles. The normalized spacial score (nSPS) is 14.5. The van der Waals surface area contributed by atoms with Crippen molar-refractivity contribution in [1.82, 2.24) is 5.32 Å². The molecule has 0 spiro atoms. The third-order valence-electron chi connectivity index (χ3n) is 9.60. The fourth-order valence-electron chi connectivity index (χ4n) is 7.39. The van der Waals surface area contributed by atoms with E-state index in [1.165, 1.54) is 60.1 Å². The summed E-state index contributed by atoms with van der Waals surface area (Å²) in [4.78, 5) is 5.24. The lowest BCUT2D eigenvalue weighted by Crippen LogP contribution is -2.25. The summed E-state index contributed by atoms with van der Waals surface area (Å²) in [5.74, 6) is 0.518. The highest BCUT2D eigenvalue weighted by molar-refractivity contribution is 6.14. The number of amidine groups is 1. The average molecular weight is 582 g/mol. The van der Waals surface area contributed by atoms with E-state index in [-0.39, 0.29) is 11.6 Å². The van der Waals surface area contributed by atoms with Gasteiger partial charge < -0.3 is 5.73 Å². The average Bonchev–Trinajstić information content (AvgIpc) is 3.32. The van der Waals surface area contributed by atoms with E-state index in [0.717, 1.165) is 11.1 Å². The molecule has 3 heteroatoms. The number of fused-ring (bicyclic) bond motifs is 7. The fourth-order valence-corrected chi connectivity index (χ4v) is 7.39. The fraction of sp³-hybridized carbons (Fsp3) is 0.119. The van der Waals surface area contributed by atoms with Crippen LogP contribution in [-0.4, -0.2) is 5.84 Å². The second-order valence-electron chi connectivity index (χ2n) is 12.6. The summed E-state index contributed by atoms with van der Waals surface area (Å²) in [6, 6.07) is 49.7. The Labute approximate surface area is 264 Å². The minimum Gasteiger partial charge on any atom is -0.383 e. The zero-order valence-electron chi connectivity index (χ0n) is 25.6. The van der Waals surface area contributed by atoms with Gasteiger partial charge in [0.25, 0.3) is 0 Å². The Hall–Kier alpha value is -5.25. The van der Waals surface area contributed by atoms with Crippen LogP contribution in [0.3, 0.4) is 0 Å². The van der Waals surface area contributed by atoms with Crippen molar-refractivity contribution in [3.05, 3.63) is 167 Å². The Balaban J connectivity index is 1.32. The first-order valence-corrected chi connectivity index (χ1v) is 15.7. The highest BCUT2D eigenvalue weighted by Crippen LogP contribution is 2.51. The van der Waals surface area contributed by atoms with Crippen LogP contribution in [-0.2, 0) is 12.0 Å². The Morgan fingerprint density at radius 1 is 0.667 bits per heavy atom. The Morgan fingerprint density at radius 3 is 2.18 bits per heavy atom. The highest BCUT2D eigenvalue weighted by Gasteiger charge is 2.37. The monoisotopic (exact) mass is 581 g/mol. The van der Waals surface area contributed by atoms with Gasteiger partial charge in [0.2, 0.25) is 0 Å². The van der Waals surface area contributed by atoms with Crippen molar-refractivity contribution in [2.75, 3.05) is 0 Å². The van der Waals surface area contributed by atoms with Gasteiger partial charge in [-0.1, -0.05) is 147 Å². The summed E-state index contributed by atoms with van der Waals surface area (Å²) < 4.78 is 0. The number of benzene rings is 7. The summed E-state index contributed by atoms with van der Waals surface area (Å²) in [5.41, 5.74) is 15.2. The summed E-state index contributed by atoms with van der Waals surface area (Å²) in [6.45, 7) is 5.26. The second-order valence-corrected chi connectivity index (χ2v) is 12.6. The van der Waals surface area contributed by atoms with E-state index in [1.54, 1.807) is 0 Å². The molecule has 218 valence electrons. The van der Waals surface area contributed by atoms with E-state index in [1.807, 2.05) is 30.3 Å². The Bertz CT molecular complexity index is 2260. The third-order valence-corrected chi connectivity index (χ3v) is 9.60. The van der Waals surface area contributed by atoms with Crippen LogP contribution in [0, 0.1) is 0 Å². The van der Waals surface area contributed by atoms with Crippen LogP contribution in [0.15, 0.2) is 145 Å². The summed E-state index contributed by atoms with van der Waals surface area (Å²) >= 11 is 0. The van der Waals surface area contributed by atoms with Gasteiger partial charge in [0, 0.05) is 17.5 Å². The van der Waals surface area contributed by atoms with E-state index >= 15 is 0 Å². The lowest BCUT2D eigenvalue weighted by atomic mass is 9.82. The molecule has 45 heavy (non-hydrogen) atoms. The standard InChI is InChI=1S/C42H35N3/c1-42(2)36-21-11-10-19-33(36)39-34(20-12-22-37(39)42)41(45-40(43)28-14-4-3-5-15-28)44-26-35-31-17-8-7-16-29(31)25-30-24-23-27-13-6-9-18-32(27)38(30)35/h3-25,41,44H,26H2,1-2H3,(H2,43,45). The topological polar surface area (TPSA) is 50.4 Å². The van der Waals surface area contributed by atoms with E-state index < -0.39 is 0 Å². The van der Waals surface area contributed by atoms with Crippen molar-refractivity contribution in [3.8, 4) is 11.1 Å². The third kappa shape index (κ3) is 4.51. The molecule has 0 saturated carbocycles. The Morgan fingerprint density at radius 2 is 1.33 bits per heavy atom. The minimum atomic E-state index is -0.369. The van der Waals surface area contributed by atoms with Gasteiger partial charge in [0.15, 0.2) is 0 Å². The molecule has 1 unspecified atom stereocenters. The maximum Gasteiger partial charge on any atom is 0.128 e. The van der Waals surface area contributed by atoms with Crippen molar-refractivity contribution >= 4 is 38.2 Å². The zero-order valence-corrected chi connectivity index (χ0v) is 25.6. The molecule has 0 bridgehead atoms. The molecule has 1 aliphatic rings. The largest absolute Gasteiger partial charge is 0.383 e. The maximum atomic E-state index is 6.76. The number of rotatable bonds is 6. The van der Waals surface area contributed by atoms with Crippen molar-refractivity contribution in [3.63, 3.8) is 0 Å². The molecule has 0 saturated heterocycles. The number of nitrogens with two attached hydrogens (primary N) is 1. The van der Waals surface area contributed by atoms with Crippen LogP contribution >= 0.6 is 0 Å². The number of hydrogen-bond acceptors (Lipinski definition) is 2. The molecule has 0 amide bonds. The summed E-state index contributed by atoms with van der Waals surface area (Å²) in [7, 11) is 0. The van der Waals surface area contributed by atoms with Crippen LogP contribution in [0.25, 0.3) is 43.4 Å². The molecule has 0 aromatic heterocycles. The first kappa shape index (κ1) is 27.3. The number of hydrogen-bond donors (Lipinski definition) is 2. The van der Waals surface area contributed by atoms with Gasteiger partial charge in [-0.2, -0.15) is 0 Å². The Kier molecular flexibility index (Phi) is 6.51. The molecular formula is C42H35N3. The molecule has 0 heterocycles. The van der Waals surface area contributed by atoms with E-state index in [0.29, 0.717) is 12.4 Å². The number of nitrogens with one attached hydrogen (secondary N) is 1. The molecule has 8 rings (SSSR count). The number of aliphatic imine (C=N–C) groups is 1. The van der Waals surface area contributed by atoms with Gasteiger partial charge in [-0.3, -0.25) is 5.32 Å². The van der Waals surface area contributed by atoms with Crippen molar-refractivity contribution in [2.45, 2.75) is 32.0 Å². The van der Waals surface area contributed by atoms with Crippen molar-refractivity contribution < 1.29 is 0 Å². The molecule has 7 aromatic carbocycles. The van der Waals surface area contributed by atoms with Crippen LogP contribution in [0.5, 0.6) is 0 Å². The van der Waals surface area contributed by atoms with Crippen LogP contribution < -0.4 is 11.1 Å². The predicted molar refractivity (Wildman–Crippen MR) is 190 cm³/mol. The molecular weight excluding hydrogens is 546 g/mol. The first-order valence-electron chi connectivity index (χ1n) is 15.7. The maximum absolute atomic E-state index is 6.76. The smallest absolute Gasteiger partial charge is 0.128 e. The van der Waals surface area contributed by atoms with E-state index in [9.17, 15) is 0 Å². The molecule has 7 aromatic rings. The zero-order chi connectivity index (χ0) is 30.5. The second kappa shape index (κ2) is 10.7. The van der Waals surface area contributed by atoms with E-state index in [4.69, 9.17) is 10.7 Å². The number of nitrogens with zero attached hydrogens (tertiary/aromatic N) is 1. The molecule has 0 fully saturated rings. The molecule has 1 atom stereocenters. The lowest BCUT2D eigenvalue weighted by molar-refractivity contribution is 0.557. The van der Waals surface area contributed by atoms with Gasteiger partial charge in [-0.25, -0.2) is 4.99 Å².